The van der Waals surface area contributed by atoms with Crippen molar-refractivity contribution in [3.05, 3.63) is 58.1 Å². The largest absolute Gasteiger partial charge is 0.490 e. The molecule has 0 bridgehead atoms. The number of carbonyl (C=O) groups is 1. The molecule has 0 atom stereocenters. The first kappa shape index (κ1) is 19.5. The maximum atomic E-state index is 12.4. The third kappa shape index (κ3) is 5.36. The van der Waals surface area contributed by atoms with Gasteiger partial charge in [-0.1, -0.05) is 28.1 Å². The quantitative estimate of drug-likeness (QED) is 0.521. The van der Waals surface area contributed by atoms with E-state index in [0.29, 0.717) is 36.0 Å². The van der Waals surface area contributed by atoms with E-state index in [1.165, 1.54) is 6.08 Å². The number of halogens is 1. The van der Waals surface area contributed by atoms with Gasteiger partial charge in [0.1, 0.15) is 11.6 Å². The molecule has 2 aromatic rings. The molecule has 6 heteroatoms. The molecule has 26 heavy (non-hydrogen) atoms. The Labute approximate surface area is 161 Å². The zero-order valence-electron chi connectivity index (χ0n) is 14.6. The minimum Gasteiger partial charge on any atom is -0.490 e. The van der Waals surface area contributed by atoms with E-state index < -0.39 is 5.91 Å². The van der Waals surface area contributed by atoms with Crippen molar-refractivity contribution in [1.82, 2.24) is 0 Å². The standard InChI is InChI=1S/C20H19BrN2O3/c1-3-25-18-9-8-14(11-19(18)26-4-2)10-15(13-22)20(24)23-17-7-5-6-16(21)12-17/h5-12H,3-4H2,1-2H3,(H,23,24). The number of nitriles is 1. The van der Waals surface area contributed by atoms with Crippen LogP contribution in [0.25, 0.3) is 6.08 Å². The molecule has 2 rings (SSSR count). The van der Waals surface area contributed by atoms with Crippen LogP contribution in [0.4, 0.5) is 5.69 Å². The number of benzene rings is 2. The van der Waals surface area contributed by atoms with Crippen LogP contribution in [-0.2, 0) is 4.79 Å². The fraction of sp³-hybridized carbons (Fsp3) is 0.200. The molecule has 0 aliphatic rings. The highest BCUT2D eigenvalue weighted by Gasteiger charge is 2.11. The molecule has 2 aromatic carbocycles. The lowest BCUT2D eigenvalue weighted by Crippen LogP contribution is -2.13. The molecule has 0 heterocycles. The molecule has 0 saturated heterocycles. The number of nitrogens with zero attached hydrogens (tertiary/aromatic N) is 1. The second-order valence-electron chi connectivity index (χ2n) is 5.21. The molecule has 1 amide bonds. The number of ether oxygens (including phenoxy) is 2. The zero-order valence-corrected chi connectivity index (χ0v) is 16.2. The van der Waals surface area contributed by atoms with Gasteiger partial charge in [0.15, 0.2) is 11.5 Å². The number of nitrogens with one attached hydrogen (secondary N) is 1. The van der Waals surface area contributed by atoms with Crippen molar-refractivity contribution >= 4 is 33.6 Å². The first-order valence-corrected chi connectivity index (χ1v) is 8.95. The topological polar surface area (TPSA) is 71.3 Å². The monoisotopic (exact) mass is 414 g/mol. The van der Waals surface area contributed by atoms with Crippen molar-refractivity contribution in [2.75, 3.05) is 18.5 Å². The maximum absolute atomic E-state index is 12.4. The fourth-order valence-electron chi connectivity index (χ4n) is 2.24. The van der Waals surface area contributed by atoms with E-state index in [2.05, 4.69) is 21.2 Å². The lowest BCUT2D eigenvalue weighted by molar-refractivity contribution is -0.112. The van der Waals surface area contributed by atoms with Crippen LogP contribution in [0.1, 0.15) is 19.4 Å². The van der Waals surface area contributed by atoms with Crippen molar-refractivity contribution in [3.8, 4) is 17.6 Å². The number of carbonyl (C=O) groups excluding carboxylic acids is 1. The summed E-state index contributed by atoms with van der Waals surface area (Å²) in [5.41, 5.74) is 1.28. The summed E-state index contributed by atoms with van der Waals surface area (Å²) < 4.78 is 11.9. The molecule has 0 radical (unpaired) electrons. The van der Waals surface area contributed by atoms with Crippen molar-refractivity contribution in [2.45, 2.75) is 13.8 Å². The van der Waals surface area contributed by atoms with Crippen molar-refractivity contribution < 1.29 is 14.3 Å². The second-order valence-corrected chi connectivity index (χ2v) is 6.12. The molecule has 0 aromatic heterocycles. The molecule has 1 N–H and O–H groups in total. The molecule has 0 aliphatic heterocycles. The van der Waals surface area contributed by atoms with Crippen LogP contribution in [-0.4, -0.2) is 19.1 Å². The second kappa shape index (κ2) is 9.64. The molecule has 5 nitrogen and oxygen atoms in total. The van der Waals surface area contributed by atoms with E-state index in [0.717, 1.165) is 4.47 Å². The van der Waals surface area contributed by atoms with Crippen molar-refractivity contribution in [1.29, 1.82) is 5.26 Å². The van der Waals surface area contributed by atoms with Gasteiger partial charge in [0.05, 0.1) is 13.2 Å². The van der Waals surface area contributed by atoms with Gasteiger partial charge in [0.2, 0.25) is 0 Å². The molecule has 0 fully saturated rings. The number of rotatable bonds is 7. The van der Waals surface area contributed by atoms with Crippen LogP contribution < -0.4 is 14.8 Å². The Morgan fingerprint density at radius 1 is 1.15 bits per heavy atom. The van der Waals surface area contributed by atoms with Crippen LogP contribution >= 0.6 is 15.9 Å². The predicted molar refractivity (Wildman–Crippen MR) is 105 cm³/mol. The summed E-state index contributed by atoms with van der Waals surface area (Å²) in [5.74, 6) is 0.730. The van der Waals surface area contributed by atoms with Crippen LogP contribution in [0.5, 0.6) is 11.5 Å². The molecule has 134 valence electrons. The van der Waals surface area contributed by atoms with Gasteiger partial charge in [-0.15, -0.1) is 0 Å². The van der Waals surface area contributed by atoms with E-state index in [-0.39, 0.29) is 5.57 Å². The summed E-state index contributed by atoms with van der Waals surface area (Å²) in [4.78, 5) is 12.4. The maximum Gasteiger partial charge on any atom is 0.266 e. The normalized spacial score (nSPS) is 10.8. The Hall–Kier alpha value is -2.78. The Morgan fingerprint density at radius 3 is 2.54 bits per heavy atom. The van der Waals surface area contributed by atoms with Gasteiger partial charge in [-0.3, -0.25) is 4.79 Å². The van der Waals surface area contributed by atoms with Gasteiger partial charge in [-0.2, -0.15) is 5.26 Å². The van der Waals surface area contributed by atoms with Gasteiger partial charge < -0.3 is 14.8 Å². The van der Waals surface area contributed by atoms with Gasteiger partial charge in [-0.25, -0.2) is 0 Å². The summed E-state index contributed by atoms with van der Waals surface area (Å²) >= 11 is 3.35. The van der Waals surface area contributed by atoms with E-state index in [4.69, 9.17) is 9.47 Å². The lowest BCUT2D eigenvalue weighted by atomic mass is 10.1. The van der Waals surface area contributed by atoms with Gasteiger partial charge >= 0.3 is 0 Å². The van der Waals surface area contributed by atoms with Crippen LogP contribution in [0.2, 0.25) is 0 Å². The summed E-state index contributed by atoms with van der Waals surface area (Å²) in [6.45, 7) is 4.78. The summed E-state index contributed by atoms with van der Waals surface area (Å²) in [6, 6.07) is 14.4. The third-order valence-corrected chi connectivity index (χ3v) is 3.82. The SMILES string of the molecule is CCOc1ccc(C=C(C#N)C(=O)Nc2cccc(Br)c2)cc1OCC. The molecular formula is C20H19BrN2O3. The molecular weight excluding hydrogens is 396 g/mol. The highest BCUT2D eigenvalue weighted by atomic mass is 79.9. The van der Waals surface area contributed by atoms with E-state index in [1.54, 1.807) is 36.4 Å². The number of anilines is 1. The average Bonchev–Trinajstić information content (AvgIpc) is 2.62. The van der Waals surface area contributed by atoms with E-state index >= 15 is 0 Å². The highest BCUT2D eigenvalue weighted by molar-refractivity contribution is 9.10. The van der Waals surface area contributed by atoms with Crippen LogP contribution in [0.3, 0.4) is 0 Å². The Balaban J connectivity index is 2.25. The summed E-state index contributed by atoms with van der Waals surface area (Å²) in [7, 11) is 0. The van der Waals surface area contributed by atoms with Crippen molar-refractivity contribution in [3.63, 3.8) is 0 Å². The van der Waals surface area contributed by atoms with Gasteiger partial charge in [-0.05, 0) is 55.8 Å². The number of hydrogen-bond acceptors (Lipinski definition) is 4. The Kier molecular flexibility index (Phi) is 7.24. The summed E-state index contributed by atoms with van der Waals surface area (Å²) in [5, 5.41) is 12.1. The molecule has 0 aliphatic carbocycles. The first-order chi connectivity index (χ1) is 12.6. The minimum atomic E-state index is -0.475. The lowest BCUT2D eigenvalue weighted by Gasteiger charge is -2.11. The number of hydrogen-bond donors (Lipinski definition) is 1. The van der Waals surface area contributed by atoms with Crippen LogP contribution in [0, 0.1) is 11.3 Å². The Morgan fingerprint density at radius 2 is 1.88 bits per heavy atom. The fourth-order valence-corrected chi connectivity index (χ4v) is 2.64. The number of amides is 1. The molecule has 0 unspecified atom stereocenters. The molecule has 0 saturated carbocycles. The van der Waals surface area contributed by atoms with Crippen molar-refractivity contribution in [2.24, 2.45) is 0 Å². The van der Waals surface area contributed by atoms with Crippen LogP contribution in [0.15, 0.2) is 52.5 Å². The smallest absolute Gasteiger partial charge is 0.266 e. The third-order valence-electron chi connectivity index (χ3n) is 3.33. The molecule has 0 spiro atoms. The van der Waals surface area contributed by atoms with E-state index in [9.17, 15) is 10.1 Å². The van der Waals surface area contributed by atoms with Gasteiger partial charge in [0, 0.05) is 10.2 Å². The van der Waals surface area contributed by atoms with E-state index in [1.807, 2.05) is 26.0 Å². The average molecular weight is 415 g/mol. The highest BCUT2D eigenvalue weighted by Crippen LogP contribution is 2.29. The van der Waals surface area contributed by atoms with Gasteiger partial charge in [0.25, 0.3) is 5.91 Å². The predicted octanol–water partition coefficient (Wildman–Crippen LogP) is 4.79. The minimum absolute atomic E-state index is 0.00316. The zero-order chi connectivity index (χ0) is 18.9. The first-order valence-electron chi connectivity index (χ1n) is 8.15. The summed E-state index contributed by atoms with van der Waals surface area (Å²) in [6.07, 6.45) is 1.52. The Bertz CT molecular complexity index is 856.